The number of carbonyl (C=O) groups is 1. The average molecular weight is 277 g/mol. The number of alkyl halides is 3. The van der Waals surface area contributed by atoms with Gasteiger partial charge in [-0.3, -0.25) is 4.79 Å². The van der Waals surface area contributed by atoms with Crippen LogP contribution >= 0.6 is 11.8 Å². The molecular weight excluding hydrogens is 267 g/mol. The second-order valence-corrected chi connectivity index (χ2v) is 4.72. The molecule has 0 saturated carbocycles. The quantitative estimate of drug-likeness (QED) is 0.832. The third-order valence-corrected chi connectivity index (χ3v) is 3.35. The molecule has 0 aliphatic carbocycles. The zero-order chi connectivity index (χ0) is 13.2. The number of hydrogen-bond donors (Lipinski definition) is 0. The molecule has 98 valence electrons. The van der Waals surface area contributed by atoms with Crippen LogP contribution in [0, 0.1) is 0 Å². The van der Waals surface area contributed by atoms with Crippen LogP contribution in [0.5, 0.6) is 5.75 Å². The molecule has 1 amide bonds. The van der Waals surface area contributed by atoms with Crippen molar-refractivity contribution in [3.8, 4) is 5.75 Å². The number of amides is 1. The molecule has 0 spiro atoms. The van der Waals surface area contributed by atoms with E-state index in [0.29, 0.717) is 12.4 Å². The van der Waals surface area contributed by atoms with Crippen molar-refractivity contribution in [2.75, 3.05) is 18.2 Å². The summed E-state index contributed by atoms with van der Waals surface area (Å²) in [4.78, 5) is 13.5. The van der Waals surface area contributed by atoms with E-state index in [1.807, 2.05) is 0 Å². The van der Waals surface area contributed by atoms with Crippen LogP contribution in [0.2, 0.25) is 0 Å². The van der Waals surface area contributed by atoms with E-state index in [9.17, 15) is 18.0 Å². The second kappa shape index (κ2) is 5.09. The van der Waals surface area contributed by atoms with Crippen molar-refractivity contribution >= 4 is 17.7 Å². The highest BCUT2D eigenvalue weighted by molar-refractivity contribution is 7.99. The molecule has 18 heavy (non-hydrogen) atoms. The van der Waals surface area contributed by atoms with Crippen molar-refractivity contribution in [2.24, 2.45) is 0 Å². The minimum absolute atomic E-state index is 0.0580. The van der Waals surface area contributed by atoms with E-state index < -0.39 is 18.0 Å². The zero-order valence-corrected chi connectivity index (χ0v) is 10.1. The molecule has 0 unspecified atom stereocenters. The number of benzene rings is 1. The molecule has 0 atom stereocenters. The fourth-order valence-electron chi connectivity index (χ4n) is 1.60. The van der Waals surface area contributed by atoms with Gasteiger partial charge in [0, 0.05) is 12.3 Å². The maximum Gasteiger partial charge on any atom is 0.573 e. The van der Waals surface area contributed by atoms with E-state index in [0.717, 1.165) is 11.8 Å². The van der Waals surface area contributed by atoms with Crippen LogP contribution in [0.15, 0.2) is 24.3 Å². The first-order valence-corrected chi connectivity index (χ1v) is 6.34. The maximum absolute atomic E-state index is 12.2. The minimum atomic E-state index is -4.80. The third kappa shape index (κ3) is 3.10. The van der Waals surface area contributed by atoms with Gasteiger partial charge in [0.15, 0.2) is 0 Å². The van der Waals surface area contributed by atoms with Crippen molar-refractivity contribution < 1.29 is 22.7 Å². The Morgan fingerprint density at radius 3 is 2.67 bits per heavy atom. The summed E-state index contributed by atoms with van der Waals surface area (Å²) in [6, 6.07) is 5.40. The van der Waals surface area contributed by atoms with E-state index in [1.54, 1.807) is 11.8 Å². The van der Waals surface area contributed by atoms with E-state index in [2.05, 4.69) is 4.74 Å². The summed E-state index contributed by atoms with van der Waals surface area (Å²) in [7, 11) is 0. The highest BCUT2D eigenvalue weighted by atomic mass is 32.2. The predicted molar refractivity (Wildman–Crippen MR) is 61.5 cm³/mol. The number of halogens is 3. The summed E-state index contributed by atoms with van der Waals surface area (Å²) in [6.07, 6.45) is -4.80. The molecule has 0 bridgehead atoms. The number of para-hydroxylation sites is 1. The van der Waals surface area contributed by atoms with Gasteiger partial charge >= 0.3 is 6.36 Å². The molecule has 2 rings (SSSR count). The van der Waals surface area contributed by atoms with Crippen LogP contribution in [0.3, 0.4) is 0 Å². The fourth-order valence-corrected chi connectivity index (χ4v) is 2.55. The lowest BCUT2D eigenvalue weighted by Crippen LogP contribution is -2.29. The Morgan fingerprint density at radius 2 is 2.06 bits per heavy atom. The monoisotopic (exact) mass is 277 g/mol. The normalized spacial score (nSPS) is 15.8. The van der Waals surface area contributed by atoms with Crippen molar-refractivity contribution in [1.29, 1.82) is 0 Å². The maximum atomic E-state index is 12.2. The van der Waals surface area contributed by atoms with E-state index in [4.69, 9.17) is 0 Å². The number of nitrogens with zero attached hydrogens (tertiary/aromatic N) is 1. The first-order valence-electron chi connectivity index (χ1n) is 5.19. The molecular formula is C11H10F3NO2S. The zero-order valence-electron chi connectivity index (χ0n) is 9.24. The van der Waals surface area contributed by atoms with Crippen LogP contribution in [-0.4, -0.2) is 35.3 Å². The predicted octanol–water partition coefficient (Wildman–Crippen LogP) is 2.73. The number of rotatable bonds is 2. The van der Waals surface area contributed by atoms with Gasteiger partial charge in [0.05, 0.1) is 11.4 Å². The van der Waals surface area contributed by atoms with Crippen molar-refractivity contribution in [1.82, 2.24) is 4.90 Å². The lowest BCUT2D eigenvalue weighted by Gasteiger charge is -2.17. The Balaban J connectivity index is 2.23. The Kier molecular flexibility index (Phi) is 3.70. The van der Waals surface area contributed by atoms with Gasteiger partial charge in [0.25, 0.3) is 5.91 Å². The van der Waals surface area contributed by atoms with Gasteiger partial charge in [-0.2, -0.15) is 0 Å². The first-order chi connectivity index (χ1) is 8.47. The number of hydrogen-bond acceptors (Lipinski definition) is 3. The molecule has 0 aromatic heterocycles. The Bertz CT molecular complexity index is 444. The topological polar surface area (TPSA) is 29.5 Å². The van der Waals surface area contributed by atoms with Gasteiger partial charge in [-0.15, -0.1) is 24.9 Å². The molecule has 1 aromatic carbocycles. The summed E-state index contributed by atoms with van der Waals surface area (Å²) in [6.45, 7) is 0.545. The lowest BCUT2D eigenvalue weighted by atomic mass is 10.2. The summed E-state index contributed by atoms with van der Waals surface area (Å²) < 4.78 is 40.5. The summed E-state index contributed by atoms with van der Waals surface area (Å²) in [5.41, 5.74) is -0.0580. The molecule has 7 heteroatoms. The lowest BCUT2D eigenvalue weighted by molar-refractivity contribution is -0.274. The van der Waals surface area contributed by atoms with E-state index in [1.165, 1.54) is 23.1 Å². The van der Waals surface area contributed by atoms with E-state index in [-0.39, 0.29) is 5.56 Å². The van der Waals surface area contributed by atoms with Gasteiger partial charge < -0.3 is 9.64 Å². The van der Waals surface area contributed by atoms with Gasteiger partial charge in [-0.25, -0.2) is 0 Å². The molecule has 1 aliphatic rings. The summed E-state index contributed by atoms with van der Waals surface area (Å²) in [5.74, 6) is 0.416. The van der Waals surface area contributed by atoms with Gasteiger partial charge in [0.2, 0.25) is 0 Å². The van der Waals surface area contributed by atoms with E-state index >= 15 is 0 Å². The van der Waals surface area contributed by atoms with Crippen molar-refractivity contribution in [3.63, 3.8) is 0 Å². The fraction of sp³-hybridized carbons (Fsp3) is 0.364. The summed E-state index contributed by atoms with van der Waals surface area (Å²) >= 11 is 1.57. The first kappa shape index (κ1) is 13.1. The Morgan fingerprint density at radius 1 is 1.33 bits per heavy atom. The molecule has 1 aliphatic heterocycles. The standard InChI is InChI=1S/C11H10F3NO2S/c12-11(13,14)17-9-4-2-1-3-8(9)10(16)15-5-6-18-7-15/h1-4H,5-7H2. The average Bonchev–Trinajstić information content (AvgIpc) is 2.80. The van der Waals surface area contributed by atoms with Crippen LogP contribution in [0.4, 0.5) is 13.2 Å². The SMILES string of the molecule is O=C(c1ccccc1OC(F)(F)F)N1CCSC1. The second-order valence-electron chi connectivity index (χ2n) is 3.65. The number of thioether (sulfide) groups is 1. The number of carbonyl (C=O) groups excluding carboxylic acids is 1. The third-order valence-electron chi connectivity index (χ3n) is 2.38. The number of ether oxygens (including phenoxy) is 1. The van der Waals surface area contributed by atoms with Gasteiger partial charge in [-0.05, 0) is 12.1 Å². The van der Waals surface area contributed by atoms with Crippen LogP contribution < -0.4 is 4.74 Å². The Hall–Kier alpha value is -1.37. The smallest absolute Gasteiger partial charge is 0.405 e. The molecule has 3 nitrogen and oxygen atoms in total. The Labute approximate surface area is 106 Å². The highest BCUT2D eigenvalue weighted by Crippen LogP contribution is 2.28. The molecule has 1 heterocycles. The highest BCUT2D eigenvalue weighted by Gasteiger charge is 2.33. The molecule has 1 fully saturated rings. The molecule has 1 saturated heterocycles. The van der Waals surface area contributed by atoms with Gasteiger partial charge in [-0.1, -0.05) is 12.1 Å². The molecule has 0 N–H and O–H groups in total. The molecule has 1 aromatic rings. The van der Waals surface area contributed by atoms with Crippen molar-refractivity contribution in [2.45, 2.75) is 6.36 Å². The van der Waals surface area contributed by atoms with Crippen molar-refractivity contribution in [3.05, 3.63) is 29.8 Å². The largest absolute Gasteiger partial charge is 0.573 e. The van der Waals surface area contributed by atoms with Crippen LogP contribution in [0.1, 0.15) is 10.4 Å². The summed E-state index contributed by atoms with van der Waals surface area (Å²) in [5, 5.41) is 0. The van der Waals surface area contributed by atoms with Crippen LogP contribution in [-0.2, 0) is 0 Å². The molecule has 0 radical (unpaired) electrons. The van der Waals surface area contributed by atoms with Gasteiger partial charge in [0.1, 0.15) is 5.75 Å². The minimum Gasteiger partial charge on any atom is -0.405 e. The van der Waals surface area contributed by atoms with Crippen LogP contribution in [0.25, 0.3) is 0 Å².